The Morgan fingerprint density at radius 1 is 1.05 bits per heavy atom. The molecule has 0 amide bonds. The van der Waals surface area contributed by atoms with Crippen LogP contribution in [0.5, 0.6) is 0 Å². The first kappa shape index (κ1) is 13.4. The fourth-order valence-electron chi connectivity index (χ4n) is 1.73. The number of anilines is 3. The molecule has 0 aliphatic carbocycles. The van der Waals surface area contributed by atoms with Crippen LogP contribution in [0.2, 0.25) is 0 Å². The van der Waals surface area contributed by atoms with E-state index in [1.807, 2.05) is 25.1 Å². The van der Waals surface area contributed by atoms with Crippen LogP contribution in [0.1, 0.15) is 5.56 Å². The molecular weight excluding hydrogens is 260 g/mol. The van der Waals surface area contributed by atoms with Gasteiger partial charge in [0.2, 0.25) is 0 Å². The molecule has 0 saturated carbocycles. The van der Waals surface area contributed by atoms with Crippen molar-refractivity contribution in [3.8, 4) is 0 Å². The summed E-state index contributed by atoms with van der Waals surface area (Å²) in [5.74, 6) is 0. The van der Waals surface area contributed by atoms with E-state index in [-0.39, 0.29) is 0 Å². The summed E-state index contributed by atoms with van der Waals surface area (Å²) in [5.41, 5.74) is 9.25. The Balaban J connectivity index is 2.27. The van der Waals surface area contributed by atoms with Crippen molar-refractivity contribution in [2.75, 3.05) is 17.3 Å². The van der Waals surface area contributed by atoms with Gasteiger partial charge in [0, 0.05) is 23.3 Å². The summed E-state index contributed by atoms with van der Waals surface area (Å²) < 4.78 is 22.7. The van der Waals surface area contributed by atoms with Gasteiger partial charge in [-0.05, 0) is 48.9 Å². The molecule has 0 radical (unpaired) electrons. The van der Waals surface area contributed by atoms with Crippen LogP contribution in [-0.2, 0) is 9.84 Å². The Morgan fingerprint density at radius 2 is 1.68 bits per heavy atom. The first-order valence-electron chi connectivity index (χ1n) is 5.80. The lowest BCUT2D eigenvalue weighted by atomic mass is 10.1. The lowest BCUT2D eigenvalue weighted by Crippen LogP contribution is -1.99. The van der Waals surface area contributed by atoms with E-state index in [9.17, 15) is 8.42 Å². The molecule has 0 atom stereocenters. The van der Waals surface area contributed by atoms with Crippen molar-refractivity contribution in [3.05, 3.63) is 48.0 Å². The second-order valence-corrected chi connectivity index (χ2v) is 6.46. The van der Waals surface area contributed by atoms with E-state index in [1.165, 1.54) is 6.26 Å². The van der Waals surface area contributed by atoms with Crippen molar-refractivity contribution in [2.45, 2.75) is 11.8 Å². The monoisotopic (exact) mass is 276 g/mol. The van der Waals surface area contributed by atoms with E-state index in [2.05, 4.69) is 5.32 Å². The van der Waals surface area contributed by atoms with Gasteiger partial charge in [-0.25, -0.2) is 8.42 Å². The standard InChI is InChI=1S/C14H16N2O2S/c1-10-13(15)4-3-5-14(10)16-11-6-8-12(9-7-11)19(2,17)18/h3-9,16H,15H2,1-2H3. The molecule has 4 nitrogen and oxygen atoms in total. The Bertz CT molecular complexity index is 692. The number of nitrogens with two attached hydrogens (primary N) is 1. The van der Waals surface area contributed by atoms with Gasteiger partial charge in [0.15, 0.2) is 9.84 Å². The fraction of sp³-hybridized carbons (Fsp3) is 0.143. The number of hydrogen-bond acceptors (Lipinski definition) is 4. The maximum Gasteiger partial charge on any atom is 0.175 e. The van der Waals surface area contributed by atoms with E-state index in [1.54, 1.807) is 24.3 Å². The summed E-state index contributed by atoms with van der Waals surface area (Å²) in [6.45, 7) is 1.93. The molecule has 0 fully saturated rings. The van der Waals surface area contributed by atoms with E-state index >= 15 is 0 Å². The molecule has 3 N–H and O–H groups in total. The highest BCUT2D eigenvalue weighted by atomic mass is 32.2. The second-order valence-electron chi connectivity index (χ2n) is 4.44. The molecule has 0 aromatic heterocycles. The van der Waals surface area contributed by atoms with Crippen molar-refractivity contribution >= 4 is 26.9 Å². The van der Waals surface area contributed by atoms with Crippen molar-refractivity contribution in [2.24, 2.45) is 0 Å². The maximum absolute atomic E-state index is 11.4. The number of nitrogen functional groups attached to an aromatic ring is 1. The smallest absolute Gasteiger partial charge is 0.175 e. The van der Waals surface area contributed by atoms with Gasteiger partial charge in [-0.3, -0.25) is 0 Å². The number of sulfone groups is 1. The zero-order chi connectivity index (χ0) is 14.0. The van der Waals surface area contributed by atoms with Gasteiger partial charge in [0.1, 0.15) is 0 Å². The van der Waals surface area contributed by atoms with Gasteiger partial charge in [-0.15, -0.1) is 0 Å². The molecule has 0 spiro atoms. The van der Waals surface area contributed by atoms with Crippen LogP contribution >= 0.6 is 0 Å². The van der Waals surface area contributed by atoms with Crippen molar-refractivity contribution < 1.29 is 8.42 Å². The Hall–Kier alpha value is -2.01. The van der Waals surface area contributed by atoms with Crippen LogP contribution in [0.15, 0.2) is 47.4 Å². The van der Waals surface area contributed by atoms with Crippen molar-refractivity contribution in [1.29, 1.82) is 0 Å². The van der Waals surface area contributed by atoms with Gasteiger partial charge in [0.05, 0.1) is 4.90 Å². The molecular formula is C14H16N2O2S. The first-order valence-corrected chi connectivity index (χ1v) is 7.69. The number of nitrogens with one attached hydrogen (secondary N) is 1. The third kappa shape index (κ3) is 3.06. The van der Waals surface area contributed by atoms with Crippen LogP contribution < -0.4 is 11.1 Å². The topological polar surface area (TPSA) is 72.2 Å². The predicted octanol–water partition coefficient (Wildman–Crippen LogP) is 2.72. The average molecular weight is 276 g/mol. The van der Waals surface area contributed by atoms with Crippen LogP contribution in [0.25, 0.3) is 0 Å². The summed E-state index contributed by atoms with van der Waals surface area (Å²) in [6, 6.07) is 12.3. The maximum atomic E-state index is 11.4. The molecule has 0 heterocycles. The molecule has 0 aliphatic rings. The Kier molecular flexibility index (Phi) is 3.48. The highest BCUT2D eigenvalue weighted by Crippen LogP contribution is 2.25. The third-order valence-corrected chi connectivity index (χ3v) is 4.07. The summed E-state index contributed by atoms with van der Waals surface area (Å²) in [7, 11) is -3.16. The molecule has 0 aliphatic heterocycles. The average Bonchev–Trinajstić information content (AvgIpc) is 2.35. The van der Waals surface area contributed by atoms with Gasteiger partial charge in [-0.1, -0.05) is 6.07 Å². The van der Waals surface area contributed by atoms with Gasteiger partial charge in [-0.2, -0.15) is 0 Å². The SMILES string of the molecule is Cc1c(N)cccc1Nc1ccc(S(C)(=O)=O)cc1. The minimum absolute atomic E-state index is 0.308. The quantitative estimate of drug-likeness (QED) is 0.845. The molecule has 2 aromatic carbocycles. The minimum atomic E-state index is -3.16. The zero-order valence-corrected chi connectivity index (χ0v) is 11.7. The fourth-order valence-corrected chi connectivity index (χ4v) is 2.36. The van der Waals surface area contributed by atoms with Crippen LogP contribution in [-0.4, -0.2) is 14.7 Å². The van der Waals surface area contributed by atoms with Crippen molar-refractivity contribution in [1.82, 2.24) is 0 Å². The minimum Gasteiger partial charge on any atom is -0.398 e. The summed E-state index contributed by atoms with van der Waals surface area (Å²) in [4.78, 5) is 0.308. The molecule has 2 aromatic rings. The summed E-state index contributed by atoms with van der Waals surface area (Å²) in [6.07, 6.45) is 1.19. The highest BCUT2D eigenvalue weighted by Gasteiger charge is 2.07. The van der Waals surface area contributed by atoms with Crippen LogP contribution in [0.3, 0.4) is 0 Å². The molecule has 0 saturated heterocycles. The van der Waals surface area contributed by atoms with E-state index < -0.39 is 9.84 Å². The van der Waals surface area contributed by atoms with Gasteiger partial charge in [0.25, 0.3) is 0 Å². The second kappa shape index (κ2) is 4.93. The van der Waals surface area contributed by atoms with E-state index in [4.69, 9.17) is 5.73 Å². The van der Waals surface area contributed by atoms with Crippen LogP contribution in [0.4, 0.5) is 17.1 Å². The zero-order valence-electron chi connectivity index (χ0n) is 10.8. The molecule has 100 valence electrons. The molecule has 0 unspecified atom stereocenters. The van der Waals surface area contributed by atoms with Crippen molar-refractivity contribution in [3.63, 3.8) is 0 Å². The predicted molar refractivity (Wildman–Crippen MR) is 78.4 cm³/mol. The Labute approximate surface area is 113 Å². The normalized spacial score (nSPS) is 11.3. The molecule has 2 rings (SSSR count). The molecule has 0 bridgehead atoms. The lowest BCUT2D eigenvalue weighted by Gasteiger charge is -2.11. The summed E-state index contributed by atoms with van der Waals surface area (Å²) in [5, 5.41) is 3.22. The number of benzene rings is 2. The highest BCUT2D eigenvalue weighted by molar-refractivity contribution is 7.90. The molecule has 19 heavy (non-hydrogen) atoms. The Morgan fingerprint density at radius 3 is 2.26 bits per heavy atom. The third-order valence-electron chi connectivity index (χ3n) is 2.94. The van der Waals surface area contributed by atoms with E-state index in [0.717, 1.165) is 22.6 Å². The largest absolute Gasteiger partial charge is 0.398 e. The lowest BCUT2D eigenvalue weighted by molar-refractivity contribution is 0.602. The van der Waals surface area contributed by atoms with E-state index in [0.29, 0.717) is 4.90 Å². The molecule has 5 heteroatoms. The summed E-state index contributed by atoms with van der Waals surface area (Å²) >= 11 is 0. The van der Waals surface area contributed by atoms with Gasteiger partial charge < -0.3 is 11.1 Å². The first-order chi connectivity index (χ1) is 8.88. The van der Waals surface area contributed by atoms with Crippen LogP contribution in [0, 0.1) is 6.92 Å². The number of hydrogen-bond donors (Lipinski definition) is 2. The number of rotatable bonds is 3. The van der Waals surface area contributed by atoms with Gasteiger partial charge >= 0.3 is 0 Å².